The Morgan fingerprint density at radius 1 is 1.37 bits per heavy atom. The van der Waals surface area contributed by atoms with Gasteiger partial charge in [0, 0.05) is 18.7 Å². The van der Waals surface area contributed by atoms with Gasteiger partial charge in [-0.3, -0.25) is 4.79 Å². The maximum absolute atomic E-state index is 12.3. The summed E-state index contributed by atoms with van der Waals surface area (Å²) >= 11 is 0. The molecule has 2 fully saturated rings. The SMILES string of the molecule is CC(C)C(CCO)NC(=O)C1CC2CCCCC2N1. The molecule has 4 unspecified atom stereocenters. The van der Waals surface area contributed by atoms with E-state index >= 15 is 0 Å². The summed E-state index contributed by atoms with van der Waals surface area (Å²) in [7, 11) is 0. The highest BCUT2D eigenvalue weighted by Gasteiger charge is 2.38. The second-order valence-electron chi connectivity index (χ2n) is 6.48. The third-order valence-corrected chi connectivity index (χ3v) is 4.75. The lowest BCUT2D eigenvalue weighted by molar-refractivity contribution is -0.124. The second-order valence-corrected chi connectivity index (χ2v) is 6.48. The number of hydrogen-bond donors (Lipinski definition) is 3. The number of carbonyl (C=O) groups excluding carboxylic acids is 1. The third kappa shape index (κ3) is 3.69. The van der Waals surface area contributed by atoms with Gasteiger partial charge in [0.25, 0.3) is 0 Å². The van der Waals surface area contributed by atoms with Crippen LogP contribution in [0.5, 0.6) is 0 Å². The Morgan fingerprint density at radius 3 is 2.74 bits per heavy atom. The quantitative estimate of drug-likeness (QED) is 0.707. The first-order valence-electron chi connectivity index (χ1n) is 7.79. The summed E-state index contributed by atoms with van der Waals surface area (Å²) in [6, 6.07) is 0.620. The number of rotatable bonds is 5. The minimum absolute atomic E-state index is 0.0203. The highest BCUT2D eigenvalue weighted by molar-refractivity contribution is 5.82. The van der Waals surface area contributed by atoms with Crippen molar-refractivity contribution in [2.45, 2.75) is 70.5 Å². The van der Waals surface area contributed by atoms with Gasteiger partial charge in [0.05, 0.1) is 6.04 Å². The molecule has 0 radical (unpaired) electrons. The molecular weight excluding hydrogens is 240 g/mol. The zero-order valence-electron chi connectivity index (χ0n) is 12.2. The van der Waals surface area contributed by atoms with Gasteiger partial charge in [0.2, 0.25) is 5.91 Å². The lowest BCUT2D eigenvalue weighted by atomic mass is 9.85. The number of nitrogens with one attached hydrogen (secondary N) is 2. The Morgan fingerprint density at radius 2 is 2.11 bits per heavy atom. The molecule has 1 aliphatic heterocycles. The van der Waals surface area contributed by atoms with Crippen molar-refractivity contribution in [2.24, 2.45) is 11.8 Å². The molecule has 4 atom stereocenters. The van der Waals surface area contributed by atoms with E-state index in [4.69, 9.17) is 5.11 Å². The van der Waals surface area contributed by atoms with E-state index in [0.29, 0.717) is 24.3 Å². The van der Waals surface area contributed by atoms with Gasteiger partial charge in [-0.15, -0.1) is 0 Å². The monoisotopic (exact) mass is 268 g/mol. The average molecular weight is 268 g/mol. The standard InChI is InChI=1S/C15H28N2O2/c1-10(2)12(7-8-18)17-15(19)14-9-11-5-3-4-6-13(11)16-14/h10-14,16,18H,3-9H2,1-2H3,(H,17,19). The first-order valence-corrected chi connectivity index (χ1v) is 7.79. The first kappa shape index (κ1) is 14.8. The van der Waals surface area contributed by atoms with Crippen molar-refractivity contribution in [3.8, 4) is 0 Å². The van der Waals surface area contributed by atoms with Crippen molar-refractivity contribution >= 4 is 5.91 Å². The Balaban J connectivity index is 1.86. The number of amides is 1. The summed E-state index contributed by atoms with van der Waals surface area (Å²) in [4.78, 5) is 12.3. The van der Waals surface area contributed by atoms with Crippen LogP contribution in [0.25, 0.3) is 0 Å². The van der Waals surface area contributed by atoms with Gasteiger partial charge in [-0.2, -0.15) is 0 Å². The molecule has 1 aliphatic carbocycles. The maximum atomic E-state index is 12.3. The number of hydrogen-bond acceptors (Lipinski definition) is 3. The highest BCUT2D eigenvalue weighted by Crippen LogP contribution is 2.33. The minimum atomic E-state index is -0.0203. The lowest BCUT2D eigenvalue weighted by Gasteiger charge is -2.24. The fraction of sp³-hybridized carbons (Fsp3) is 0.933. The zero-order valence-corrected chi connectivity index (χ0v) is 12.2. The fourth-order valence-electron chi connectivity index (χ4n) is 3.52. The van der Waals surface area contributed by atoms with Crippen molar-refractivity contribution in [2.75, 3.05) is 6.61 Å². The van der Waals surface area contributed by atoms with E-state index in [1.54, 1.807) is 0 Å². The molecule has 1 amide bonds. The first-order chi connectivity index (χ1) is 9.11. The molecule has 0 spiro atoms. The molecule has 110 valence electrons. The second kappa shape index (κ2) is 6.71. The van der Waals surface area contributed by atoms with E-state index in [9.17, 15) is 4.79 Å². The molecule has 4 heteroatoms. The van der Waals surface area contributed by atoms with E-state index in [1.807, 2.05) is 0 Å². The normalized spacial score (nSPS) is 32.1. The Kier molecular flexibility index (Phi) is 5.22. The van der Waals surface area contributed by atoms with E-state index in [1.165, 1.54) is 25.7 Å². The van der Waals surface area contributed by atoms with Crippen molar-refractivity contribution in [3.63, 3.8) is 0 Å². The topological polar surface area (TPSA) is 61.4 Å². The van der Waals surface area contributed by atoms with Crippen LogP contribution in [0.3, 0.4) is 0 Å². The Labute approximate surface area is 116 Å². The summed E-state index contributed by atoms with van der Waals surface area (Å²) in [6.07, 6.45) is 6.73. The van der Waals surface area contributed by atoms with Crippen LogP contribution in [0.15, 0.2) is 0 Å². The van der Waals surface area contributed by atoms with Crippen LogP contribution in [0.4, 0.5) is 0 Å². The van der Waals surface area contributed by atoms with Gasteiger partial charge in [-0.05, 0) is 37.5 Å². The fourth-order valence-corrected chi connectivity index (χ4v) is 3.52. The summed E-state index contributed by atoms with van der Waals surface area (Å²) in [6.45, 7) is 4.30. The number of aliphatic hydroxyl groups is 1. The van der Waals surface area contributed by atoms with E-state index < -0.39 is 0 Å². The van der Waals surface area contributed by atoms with Crippen LogP contribution in [0, 0.1) is 11.8 Å². The molecule has 2 aliphatic rings. The van der Waals surface area contributed by atoms with Gasteiger partial charge < -0.3 is 15.7 Å². The number of fused-ring (bicyclic) bond motifs is 1. The number of aliphatic hydroxyl groups excluding tert-OH is 1. The van der Waals surface area contributed by atoms with Crippen molar-refractivity contribution in [1.82, 2.24) is 10.6 Å². The van der Waals surface area contributed by atoms with Crippen LogP contribution in [-0.2, 0) is 4.79 Å². The van der Waals surface area contributed by atoms with Crippen LogP contribution in [-0.4, -0.2) is 35.7 Å². The molecular formula is C15H28N2O2. The van der Waals surface area contributed by atoms with Crippen LogP contribution in [0.2, 0.25) is 0 Å². The zero-order chi connectivity index (χ0) is 13.8. The molecule has 1 saturated carbocycles. The molecule has 19 heavy (non-hydrogen) atoms. The van der Waals surface area contributed by atoms with E-state index in [2.05, 4.69) is 24.5 Å². The van der Waals surface area contributed by atoms with Crippen LogP contribution in [0.1, 0.15) is 52.4 Å². The van der Waals surface area contributed by atoms with Crippen molar-refractivity contribution in [1.29, 1.82) is 0 Å². The van der Waals surface area contributed by atoms with Gasteiger partial charge in [-0.25, -0.2) is 0 Å². The molecule has 1 saturated heterocycles. The molecule has 3 N–H and O–H groups in total. The van der Waals surface area contributed by atoms with Crippen molar-refractivity contribution < 1.29 is 9.90 Å². The van der Waals surface area contributed by atoms with Gasteiger partial charge in [0.1, 0.15) is 0 Å². The molecule has 0 aromatic rings. The number of carbonyl (C=O) groups is 1. The molecule has 0 aromatic carbocycles. The molecule has 2 rings (SSSR count). The highest BCUT2D eigenvalue weighted by atomic mass is 16.3. The third-order valence-electron chi connectivity index (χ3n) is 4.75. The lowest BCUT2D eigenvalue weighted by Crippen LogP contribution is -2.48. The smallest absolute Gasteiger partial charge is 0.237 e. The summed E-state index contributed by atoms with van der Waals surface area (Å²) < 4.78 is 0. The summed E-state index contributed by atoms with van der Waals surface area (Å²) in [5, 5.41) is 15.7. The molecule has 4 nitrogen and oxygen atoms in total. The Bertz CT molecular complexity index is 293. The average Bonchev–Trinajstić information content (AvgIpc) is 2.81. The van der Waals surface area contributed by atoms with Crippen LogP contribution < -0.4 is 10.6 Å². The Hall–Kier alpha value is -0.610. The van der Waals surface area contributed by atoms with E-state index in [0.717, 1.165) is 6.42 Å². The summed E-state index contributed by atoms with van der Waals surface area (Å²) in [5.41, 5.74) is 0. The largest absolute Gasteiger partial charge is 0.396 e. The van der Waals surface area contributed by atoms with Gasteiger partial charge in [-0.1, -0.05) is 26.7 Å². The molecule has 1 heterocycles. The molecule has 0 aromatic heterocycles. The minimum Gasteiger partial charge on any atom is -0.396 e. The predicted molar refractivity (Wildman–Crippen MR) is 75.8 cm³/mol. The summed E-state index contributed by atoms with van der Waals surface area (Å²) in [5.74, 6) is 1.18. The molecule has 0 bridgehead atoms. The predicted octanol–water partition coefficient (Wildman–Crippen LogP) is 1.43. The van der Waals surface area contributed by atoms with Crippen molar-refractivity contribution in [3.05, 3.63) is 0 Å². The van der Waals surface area contributed by atoms with Crippen LogP contribution >= 0.6 is 0 Å². The van der Waals surface area contributed by atoms with Gasteiger partial charge in [0.15, 0.2) is 0 Å². The van der Waals surface area contributed by atoms with E-state index in [-0.39, 0.29) is 24.6 Å². The van der Waals surface area contributed by atoms with Gasteiger partial charge >= 0.3 is 0 Å². The maximum Gasteiger partial charge on any atom is 0.237 e.